The predicted octanol–water partition coefficient (Wildman–Crippen LogP) is 0.862. The summed E-state index contributed by atoms with van der Waals surface area (Å²) >= 11 is 0. The van der Waals surface area contributed by atoms with Crippen LogP contribution in [0.5, 0.6) is 0 Å². The minimum Gasteiger partial charge on any atom is -0.483 e. The van der Waals surface area contributed by atoms with Crippen molar-refractivity contribution in [3.8, 4) is 0 Å². The fourth-order valence-corrected chi connectivity index (χ4v) is 4.19. The lowest BCUT2D eigenvalue weighted by Gasteiger charge is -2.32. The predicted molar refractivity (Wildman–Crippen MR) is 113 cm³/mol. The molecule has 1 aromatic heterocycles. The van der Waals surface area contributed by atoms with Gasteiger partial charge in [0.25, 0.3) is 12.9 Å². The Morgan fingerprint density at radius 1 is 0.967 bits per heavy atom. The number of hydrogen-bond donors (Lipinski definition) is 2. The molecule has 3 aliphatic heterocycles. The van der Waals surface area contributed by atoms with E-state index < -0.39 is 0 Å². The summed E-state index contributed by atoms with van der Waals surface area (Å²) in [6.45, 7) is 10.8. The summed E-state index contributed by atoms with van der Waals surface area (Å²) in [5.74, 6) is 2.61. The van der Waals surface area contributed by atoms with Crippen LogP contribution in [-0.2, 0) is 14.3 Å². The van der Waals surface area contributed by atoms with Crippen molar-refractivity contribution in [2.24, 2.45) is 5.92 Å². The van der Waals surface area contributed by atoms with Gasteiger partial charge in [-0.2, -0.15) is 4.98 Å². The molecule has 10 nitrogen and oxygen atoms in total. The van der Waals surface area contributed by atoms with Crippen LogP contribution in [0.1, 0.15) is 24.1 Å². The summed E-state index contributed by atoms with van der Waals surface area (Å²) in [5, 5.41) is 13.8. The Kier molecular flexibility index (Phi) is 9.25. The third-order valence-electron chi connectivity index (χ3n) is 5.78. The maximum absolute atomic E-state index is 8.36. The molecule has 0 aromatic carbocycles. The van der Waals surface area contributed by atoms with Crippen molar-refractivity contribution in [2.45, 2.75) is 32.7 Å². The number of likely N-dealkylation sites (N-methyl/N-ethyl adjacent to an activating group) is 1. The molecule has 0 amide bonds. The standard InChI is InChI=1S/C18H29N5O.2CH2O2/c1-13-14(2)19-18(22-6-4-5-7-22)20-17(13)23-9-15-8-21(3)16(10-23)12-24-11-15;2*2-1-3/h15-16H,4-12H2,1-3H3;2*1H,(H,2,3)/t15-,16+;;/m1../s1. The van der Waals surface area contributed by atoms with E-state index in [-0.39, 0.29) is 12.9 Å². The molecule has 3 saturated heterocycles. The van der Waals surface area contributed by atoms with Gasteiger partial charge < -0.3 is 24.7 Å². The first-order chi connectivity index (χ1) is 14.4. The van der Waals surface area contributed by atoms with Crippen LogP contribution in [0.15, 0.2) is 0 Å². The molecule has 10 heteroatoms. The molecule has 3 aliphatic rings. The molecule has 0 unspecified atom stereocenters. The number of fused-ring (bicyclic) bond motifs is 3. The highest BCUT2D eigenvalue weighted by Crippen LogP contribution is 2.28. The minimum atomic E-state index is -0.250. The summed E-state index contributed by atoms with van der Waals surface area (Å²) in [6.07, 6.45) is 2.50. The molecular weight excluding hydrogens is 390 g/mol. The van der Waals surface area contributed by atoms with Gasteiger partial charge in [0.05, 0.1) is 19.3 Å². The van der Waals surface area contributed by atoms with Crippen LogP contribution in [0, 0.1) is 19.8 Å². The number of ether oxygens (including phenoxy) is 1. The van der Waals surface area contributed by atoms with Gasteiger partial charge in [-0.25, -0.2) is 4.98 Å². The molecule has 4 rings (SSSR count). The molecule has 2 N–H and O–H groups in total. The third kappa shape index (κ3) is 6.02. The molecule has 30 heavy (non-hydrogen) atoms. The lowest BCUT2D eigenvalue weighted by atomic mass is 10.1. The Morgan fingerprint density at radius 3 is 2.23 bits per heavy atom. The highest BCUT2D eigenvalue weighted by molar-refractivity contribution is 5.53. The van der Waals surface area contributed by atoms with Crippen molar-refractivity contribution in [2.75, 3.05) is 62.8 Å². The van der Waals surface area contributed by atoms with Gasteiger partial charge in [0.15, 0.2) is 0 Å². The average Bonchev–Trinajstić information content (AvgIpc) is 3.11. The second-order valence-corrected chi connectivity index (χ2v) is 7.86. The summed E-state index contributed by atoms with van der Waals surface area (Å²) < 4.78 is 5.87. The van der Waals surface area contributed by atoms with Crippen LogP contribution in [0.4, 0.5) is 11.8 Å². The SMILES string of the molecule is Cc1nc(N2CCCC2)nc(N2C[C@@H]3COC[C@H](C2)N(C)C3)c1C.O=CO.O=CO. The molecule has 3 fully saturated rings. The smallest absolute Gasteiger partial charge is 0.290 e. The van der Waals surface area contributed by atoms with Gasteiger partial charge in [0.2, 0.25) is 5.95 Å². The van der Waals surface area contributed by atoms with Gasteiger partial charge in [0, 0.05) is 49.9 Å². The highest BCUT2D eigenvalue weighted by Gasteiger charge is 2.33. The van der Waals surface area contributed by atoms with Gasteiger partial charge in [-0.15, -0.1) is 0 Å². The fraction of sp³-hybridized carbons (Fsp3) is 0.700. The zero-order valence-electron chi connectivity index (χ0n) is 18.0. The Balaban J connectivity index is 0.000000480. The number of anilines is 2. The number of carboxylic acid groups (broad SMARTS) is 2. The van der Waals surface area contributed by atoms with E-state index >= 15 is 0 Å². The number of hydrogen-bond acceptors (Lipinski definition) is 8. The van der Waals surface area contributed by atoms with E-state index in [9.17, 15) is 0 Å². The van der Waals surface area contributed by atoms with Gasteiger partial charge >= 0.3 is 0 Å². The highest BCUT2D eigenvalue weighted by atomic mass is 16.5. The van der Waals surface area contributed by atoms with Crippen molar-refractivity contribution in [3.05, 3.63) is 11.3 Å². The van der Waals surface area contributed by atoms with Gasteiger partial charge in [-0.1, -0.05) is 0 Å². The lowest BCUT2D eigenvalue weighted by Crippen LogP contribution is -2.43. The van der Waals surface area contributed by atoms with Crippen LogP contribution in [-0.4, -0.2) is 97.1 Å². The average molecular weight is 424 g/mol. The normalized spacial score (nSPS) is 23.4. The van der Waals surface area contributed by atoms with E-state index in [1.807, 2.05) is 0 Å². The topological polar surface area (TPSA) is 119 Å². The number of aromatic nitrogens is 2. The van der Waals surface area contributed by atoms with Crippen molar-refractivity contribution < 1.29 is 24.5 Å². The van der Waals surface area contributed by atoms with E-state index in [1.165, 1.54) is 18.4 Å². The molecule has 2 bridgehead atoms. The number of aryl methyl sites for hydroxylation is 1. The number of rotatable bonds is 2. The first-order valence-electron chi connectivity index (χ1n) is 10.2. The Labute approximate surface area is 177 Å². The van der Waals surface area contributed by atoms with Crippen molar-refractivity contribution in [1.29, 1.82) is 0 Å². The number of nitrogens with zero attached hydrogens (tertiary/aromatic N) is 5. The lowest BCUT2D eigenvalue weighted by molar-refractivity contribution is -0.123. The molecule has 168 valence electrons. The van der Waals surface area contributed by atoms with Crippen LogP contribution in [0.3, 0.4) is 0 Å². The monoisotopic (exact) mass is 423 g/mol. The first kappa shape index (κ1) is 23.8. The molecule has 0 saturated carbocycles. The van der Waals surface area contributed by atoms with Crippen LogP contribution >= 0.6 is 0 Å². The zero-order chi connectivity index (χ0) is 22.1. The summed E-state index contributed by atoms with van der Waals surface area (Å²) in [4.78, 5) is 33.8. The van der Waals surface area contributed by atoms with Crippen molar-refractivity contribution >= 4 is 24.7 Å². The van der Waals surface area contributed by atoms with Crippen molar-refractivity contribution in [1.82, 2.24) is 14.9 Å². The molecule has 0 aliphatic carbocycles. The minimum absolute atomic E-state index is 0.250. The van der Waals surface area contributed by atoms with E-state index in [4.69, 9.17) is 34.5 Å². The van der Waals surface area contributed by atoms with E-state index in [0.717, 1.165) is 63.4 Å². The van der Waals surface area contributed by atoms with Crippen LogP contribution in [0.25, 0.3) is 0 Å². The van der Waals surface area contributed by atoms with E-state index in [0.29, 0.717) is 12.0 Å². The summed E-state index contributed by atoms with van der Waals surface area (Å²) in [5.41, 5.74) is 2.34. The molecule has 2 atom stereocenters. The zero-order valence-corrected chi connectivity index (χ0v) is 18.0. The quantitative estimate of drug-likeness (QED) is 0.663. The van der Waals surface area contributed by atoms with Gasteiger partial charge in [-0.05, 0) is 33.7 Å². The Bertz CT molecular complexity index is 692. The maximum Gasteiger partial charge on any atom is 0.290 e. The molecule has 4 heterocycles. The fourth-order valence-electron chi connectivity index (χ4n) is 4.19. The second-order valence-electron chi connectivity index (χ2n) is 7.86. The molecule has 0 radical (unpaired) electrons. The summed E-state index contributed by atoms with van der Waals surface area (Å²) in [7, 11) is 2.23. The van der Waals surface area contributed by atoms with Gasteiger partial charge in [-0.3, -0.25) is 14.5 Å². The largest absolute Gasteiger partial charge is 0.483 e. The second kappa shape index (κ2) is 11.7. The Hall–Kier alpha value is -2.46. The Morgan fingerprint density at radius 2 is 1.60 bits per heavy atom. The van der Waals surface area contributed by atoms with E-state index in [2.05, 4.69) is 35.6 Å². The molecular formula is C20H33N5O5. The maximum atomic E-state index is 8.36. The first-order valence-corrected chi connectivity index (χ1v) is 10.2. The number of carbonyl (C=O) groups is 2. The summed E-state index contributed by atoms with van der Waals surface area (Å²) in [6, 6.07) is 0.447. The molecule has 0 spiro atoms. The van der Waals surface area contributed by atoms with Gasteiger partial charge in [0.1, 0.15) is 5.82 Å². The third-order valence-corrected chi connectivity index (χ3v) is 5.78. The van der Waals surface area contributed by atoms with Crippen LogP contribution in [0.2, 0.25) is 0 Å². The van der Waals surface area contributed by atoms with Crippen molar-refractivity contribution in [3.63, 3.8) is 0 Å². The van der Waals surface area contributed by atoms with Crippen LogP contribution < -0.4 is 9.80 Å². The van der Waals surface area contributed by atoms with E-state index in [1.54, 1.807) is 0 Å². The molecule has 1 aromatic rings.